The Bertz CT molecular complexity index is 1200. The van der Waals surface area contributed by atoms with Crippen molar-refractivity contribution in [3.8, 4) is 0 Å². The van der Waals surface area contributed by atoms with Crippen molar-refractivity contribution in [3.05, 3.63) is 76.6 Å². The van der Waals surface area contributed by atoms with E-state index in [2.05, 4.69) is 76.7 Å². The van der Waals surface area contributed by atoms with E-state index in [4.69, 9.17) is 14.7 Å². The quantitative estimate of drug-likeness (QED) is 0.365. The third kappa shape index (κ3) is 5.18. The molecule has 1 atom stereocenters. The van der Waals surface area contributed by atoms with Crippen LogP contribution in [0.3, 0.4) is 0 Å². The molecule has 5 rings (SSSR count). The Morgan fingerprint density at radius 2 is 2.00 bits per heavy atom. The first-order valence-electron chi connectivity index (χ1n) is 11.7. The number of rotatable bonds is 5. The van der Waals surface area contributed by atoms with Gasteiger partial charge in [-0.05, 0) is 36.4 Å². The standard InChI is InChI=1S/C27H31IN4O/c1-19-6-5-8-21-16-25(31-24(26(19)21)10-11-32-12-14-33-15-13-32)20(2)30-27-23-9-4-3-7-22(23)17-28-18-29-27/h3-9,16,18,20H,10-15,17H2,1-2H3,(H,29,30)/t20-/m0/s1. The molecule has 172 valence electrons. The Balaban J connectivity index is 1.49. The lowest BCUT2D eigenvalue weighted by Crippen LogP contribution is -2.37. The Hall–Kier alpha value is -2.16. The smallest absolute Gasteiger partial charge is 0.133 e. The minimum absolute atomic E-state index is 0.00145. The van der Waals surface area contributed by atoms with Gasteiger partial charge in [0.2, 0.25) is 0 Å². The molecule has 33 heavy (non-hydrogen) atoms. The summed E-state index contributed by atoms with van der Waals surface area (Å²) in [7, 11) is 0. The Morgan fingerprint density at radius 3 is 2.88 bits per heavy atom. The van der Waals surface area contributed by atoms with E-state index in [-0.39, 0.29) is 26.8 Å². The number of aliphatic imine (C=N–C) groups is 1. The van der Waals surface area contributed by atoms with Gasteiger partial charge in [0.15, 0.2) is 0 Å². The number of aryl methyl sites for hydroxylation is 1. The topological polar surface area (TPSA) is 49.8 Å². The summed E-state index contributed by atoms with van der Waals surface area (Å²) in [5.41, 5.74) is 6.13. The predicted octanol–water partition coefficient (Wildman–Crippen LogP) is 4.76. The molecule has 1 N–H and O–H groups in total. The van der Waals surface area contributed by atoms with Crippen LogP contribution in [0.15, 0.2) is 53.5 Å². The van der Waals surface area contributed by atoms with E-state index in [1.54, 1.807) is 0 Å². The fourth-order valence-electron chi connectivity index (χ4n) is 4.62. The van der Waals surface area contributed by atoms with E-state index in [0.29, 0.717) is 0 Å². The van der Waals surface area contributed by atoms with E-state index >= 15 is 0 Å². The number of benzene rings is 2. The first-order chi connectivity index (χ1) is 16.2. The summed E-state index contributed by atoms with van der Waals surface area (Å²) < 4.78 is 8.90. The number of halogens is 1. The predicted molar refractivity (Wildman–Crippen MR) is 146 cm³/mol. The molecule has 0 bridgehead atoms. The second-order valence-corrected chi connectivity index (χ2v) is 11.0. The number of alkyl halides is 1. The summed E-state index contributed by atoms with van der Waals surface area (Å²) in [6.45, 7) is 9.03. The van der Waals surface area contributed by atoms with Crippen LogP contribution in [0.1, 0.15) is 41.0 Å². The lowest BCUT2D eigenvalue weighted by atomic mass is 10.00. The van der Waals surface area contributed by atoms with Crippen LogP contribution in [-0.4, -0.2) is 52.7 Å². The van der Waals surface area contributed by atoms with E-state index in [9.17, 15) is 0 Å². The van der Waals surface area contributed by atoms with Crippen LogP contribution < -0.4 is 5.32 Å². The van der Waals surface area contributed by atoms with Crippen molar-refractivity contribution in [2.75, 3.05) is 32.8 Å². The van der Waals surface area contributed by atoms with Crippen LogP contribution in [0.25, 0.3) is 10.8 Å². The molecule has 2 aromatic carbocycles. The van der Waals surface area contributed by atoms with Crippen LogP contribution in [0.2, 0.25) is 0 Å². The highest BCUT2D eigenvalue weighted by Gasteiger charge is 2.17. The number of ether oxygens (including phenoxy) is 1. The summed E-state index contributed by atoms with van der Waals surface area (Å²) >= 11 is -0.00145. The van der Waals surface area contributed by atoms with Gasteiger partial charge in [-0.1, -0.05) is 63.2 Å². The zero-order valence-corrected chi connectivity index (χ0v) is 21.5. The molecule has 1 aromatic heterocycles. The number of nitrogens with one attached hydrogen (secondary N) is 1. The van der Waals surface area contributed by atoms with Crippen LogP contribution in [0, 0.1) is 6.92 Å². The average molecular weight is 554 g/mol. The number of pyridine rings is 1. The largest absolute Gasteiger partial charge is 0.379 e. The summed E-state index contributed by atoms with van der Waals surface area (Å²) in [4.78, 5) is 12.8. The zero-order valence-electron chi connectivity index (χ0n) is 19.4. The van der Waals surface area contributed by atoms with Gasteiger partial charge in [0.05, 0.1) is 30.6 Å². The van der Waals surface area contributed by atoms with Gasteiger partial charge in [-0.3, -0.25) is 14.9 Å². The molecule has 5 nitrogen and oxygen atoms in total. The van der Waals surface area contributed by atoms with Gasteiger partial charge >= 0.3 is 0 Å². The van der Waals surface area contributed by atoms with Gasteiger partial charge in [-0.2, -0.15) is 0 Å². The molecule has 0 amide bonds. The molecule has 2 aliphatic heterocycles. The summed E-state index contributed by atoms with van der Waals surface area (Å²) in [6.07, 6.45) is 0.942. The molecule has 0 saturated carbocycles. The fourth-order valence-corrected chi connectivity index (χ4v) is 6.49. The van der Waals surface area contributed by atoms with Gasteiger partial charge in [0.25, 0.3) is 0 Å². The molecule has 3 aromatic rings. The van der Waals surface area contributed by atoms with Crippen LogP contribution in [0.4, 0.5) is 0 Å². The second kappa shape index (κ2) is 10.4. The highest BCUT2D eigenvalue weighted by molar-refractivity contribution is 14.2. The third-order valence-electron chi connectivity index (χ3n) is 6.44. The molecular weight excluding hydrogens is 523 g/mol. The minimum Gasteiger partial charge on any atom is -0.379 e. The van der Waals surface area contributed by atoms with Crippen molar-refractivity contribution in [1.29, 1.82) is 0 Å². The van der Waals surface area contributed by atoms with Crippen LogP contribution in [0.5, 0.6) is 0 Å². The van der Waals surface area contributed by atoms with Gasteiger partial charge in [0.1, 0.15) is 5.84 Å². The number of aromatic nitrogens is 1. The van der Waals surface area contributed by atoms with Crippen molar-refractivity contribution in [2.45, 2.75) is 30.7 Å². The Labute approximate surface area is 206 Å². The number of morpholine rings is 1. The second-order valence-electron chi connectivity index (χ2n) is 8.72. The highest BCUT2D eigenvalue weighted by atomic mass is 127. The average Bonchev–Trinajstić information content (AvgIpc) is 3.05. The monoisotopic (exact) mass is 554 g/mol. The van der Waals surface area contributed by atoms with Crippen LogP contribution >= 0.6 is 20.7 Å². The van der Waals surface area contributed by atoms with E-state index in [0.717, 1.165) is 55.2 Å². The number of nitrogens with zero attached hydrogens (tertiary/aromatic N) is 3. The number of fused-ring (bicyclic) bond motifs is 2. The minimum atomic E-state index is -0.0303. The van der Waals surface area contributed by atoms with Crippen molar-refractivity contribution in [3.63, 3.8) is 0 Å². The van der Waals surface area contributed by atoms with Crippen molar-refractivity contribution in [1.82, 2.24) is 15.2 Å². The molecular formula is C27H31IN4O. The van der Waals surface area contributed by atoms with Crippen LogP contribution in [-0.2, 0) is 15.6 Å². The Kier molecular flexibility index (Phi) is 7.13. The number of hydrogen-bond acceptors (Lipinski definition) is 4. The fraction of sp³-hybridized carbons (Fsp3) is 0.370. The summed E-state index contributed by atoms with van der Waals surface area (Å²) in [5.74, 6) is 0.969. The molecule has 1 saturated heterocycles. The van der Waals surface area contributed by atoms with Gasteiger partial charge in [0, 0.05) is 45.6 Å². The molecule has 3 heterocycles. The first kappa shape index (κ1) is 22.6. The van der Waals surface area contributed by atoms with E-state index in [1.807, 2.05) is 0 Å². The van der Waals surface area contributed by atoms with Crippen molar-refractivity contribution < 1.29 is 4.74 Å². The highest BCUT2D eigenvalue weighted by Crippen LogP contribution is 2.28. The maximum Gasteiger partial charge on any atom is 0.133 e. The summed E-state index contributed by atoms with van der Waals surface area (Å²) in [6, 6.07) is 17.4. The third-order valence-corrected chi connectivity index (χ3v) is 8.46. The van der Waals surface area contributed by atoms with Gasteiger partial charge in [-0.15, -0.1) is 0 Å². The molecule has 1 fully saturated rings. The lowest BCUT2D eigenvalue weighted by Gasteiger charge is -2.26. The van der Waals surface area contributed by atoms with Crippen molar-refractivity contribution in [2.24, 2.45) is 4.99 Å². The number of amidine groups is 1. The van der Waals surface area contributed by atoms with E-state index in [1.165, 1.54) is 33.2 Å². The van der Waals surface area contributed by atoms with Gasteiger partial charge < -0.3 is 10.1 Å². The molecule has 6 heteroatoms. The number of hydrogen-bond donors (Lipinski definition) is 1. The SMILES string of the molecule is Cc1cccc2cc([C@H](C)N=C3NC=ICc4ccccc43)nc(CCN3CCOCC3)c12. The lowest BCUT2D eigenvalue weighted by molar-refractivity contribution is 0.0384. The van der Waals surface area contributed by atoms with Crippen molar-refractivity contribution >= 4 is 41.5 Å². The summed E-state index contributed by atoms with van der Waals surface area (Å²) in [5, 5.41) is 6.05. The first-order valence-corrected chi connectivity index (χ1v) is 14.5. The maximum atomic E-state index is 5.52. The normalized spacial score (nSPS) is 18.9. The van der Waals surface area contributed by atoms with Gasteiger partial charge in [-0.25, -0.2) is 0 Å². The van der Waals surface area contributed by atoms with E-state index < -0.39 is 0 Å². The molecule has 2 aliphatic rings. The maximum absolute atomic E-state index is 5.52. The molecule has 0 spiro atoms. The molecule has 0 aliphatic carbocycles. The Morgan fingerprint density at radius 1 is 1.15 bits per heavy atom. The molecule has 0 unspecified atom stereocenters. The molecule has 0 radical (unpaired) electrons. The zero-order chi connectivity index (χ0) is 22.6.